The lowest BCUT2D eigenvalue weighted by Gasteiger charge is -2.32. The molecule has 0 saturated carbocycles. The molecular formula is C17H17N. The summed E-state index contributed by atoms with van der Waals surface area (Å²) in [7, 11) is 0. The van der Waals surface area contributed by atoms with Crippen molar-refractivity contribution in [3.63, 3.8) is 0 Å². The number of benzene rings is 1. The highest BCUT2D eigenvalue weighted by molar-refractivity contribution is 5.85. The summed E-state index contributed by atoms with van der Waals surface area (Å²) in [6.45, 7) is 2.16. The molecule has 0 saturated heterocycles. The van der Waals surface area contributed by atoms with Crippen molar-refractivity contribution in [2.45, 2.75) is 12.8 Å². The normalized spacial score (nSPS) is 25.1. The lowest BCUT2D eigenvalue weighted by Crippen LogP contribution is -2.33. The molecule has 4 rings (SSSR count). The minimum atomic E-state index is 0.713. The fraction of sp³-hybridized carbons (Fsp3) is 0.294. The van der Waals surface area contributed by atoms with Gasteiger partial charge in [0.05, 0.1) is 0 Å². The van der Waals surface area contributed by atoms with E-state index >= 15 is 0 Å². The molecule has 0 bridgehead atoms. The Morgan fingerprint density at radius 1 is 1.11 bits per heavy atom. The van der Waals surface area contributed by atoms with Crippen LogP contribution in [0.15, 0.2) is 47.6 Å². The molecule has 90 valence electrons. The Labute approximate surface area is 108 Å². The van der Waals surface area contributed by atoms with Crippen LogP contribution >= 0.6 is 0 Å². The molecule has 1 unspecified atom stereocenters. The lowest BCUT2D eigenvalue weighted by molar-refractivity contribution is 0.499. The quantitative estimate of drug-likeness (QED) is 0.726. The summed E-state index contributed by atoms with van der Waals surface area (Å²) in [5.74, 6) is 0.713. The largest absolute Gasteiger partial charge is 0.312 e. The molecule has 0 fully saturated rings. The Hall–Kier alpha value is -1.60. The fourth-order valence-electron chi connectivity index (χ4n) is 3.52. The van der Waals surface area contributed by atoms with E-state index in [0.29, 0.717) is 5.92 Å². The van der Waals surface area contributed by atoms with Gasteiger partial charge in [-0.1, -0.05) is 42.5 Å². The molecule has 0 aromatic heterocycles. The predicted molar refractivity (Wildman–Crippen MR) is 76.1 cm³/mol. The molecule has 3 aliphatic rings. The van der Waals surface area contributed by atoms with Crippen molar-refractivity contribution in [2.75, 3.05) is 13.1 Å². The average Bonchev–Trinajstić information content (AvgIpc) is 2.60. The molecule has 0 spiro atoms. The van der Waals surface area contributed by atoms with Crippen molar-refractivity contribution in [1.82, 2.24) is 5.32 Å². The van der Waals surface area contributed by atoms with E-state index in [0.717, 1.165) is 13.1 Å². The highest BCUT2D eigenvalue weighted by Crippen LogP contribution is 2.41. The minimum absolute atomic E-state index is 0.713. The van der Waals surface area contributed by atoms with Gasteiger partial charge >= 0.3 is 0 Å². The van der Waals surface area contributed by atoms with E-state index in [4.69, 9.17) is 0 Å². The Bertz CT molecular complexity index is 589. The van der Waals surface area contributed by atoms with E-state index in [1.807, 2.05) is 0 Å². The van der Waals surface area contributed by atoms with Gasteiger partial charge in [-0.3, -0.25) is 0 Å². The SMILES string of the molecule is C1=Cc2ccccc2C2=C3C1=CCCC3CNC2. The second kappa shape index (κ2) is 3.96. The van der Waals surface area contributed by atoms with Gasteiger partial charge < -0.3 is 5.32 Å². The second-order valence-electron chi connectivity index (χ2n) is 5.38. The van der Waals surface area contributed by atoms with E-state index in [1.54, 1.807) is 5.57 Å². The Kier molecular flexibility index (Phi) is 2.27. The number of allylic oxidation sites excluding steroid dienone is 3. The minimum Gasteiger partial charge on any atom is -0.312 e. The summed E-state index contributed by atoms with van der Waals surface area (Å²) in [6, 6.07) is 8.78. The van der Waals surface area contributed by atoms with Crippen molar-refractivity contribution < 1.29 is 0 Å². The summed E-state index contributed by atoms with van der Waals surface area (Å²) >= 11 is 0. The molecule has 1 atom stereocenters. The average molecular weight is 235 g/mol. The van der Waals surface area contributed by atoms with E-state index in [2.05, 4.69) is 47.8 Å². The smallest absolute Gasteiger partial charge is 0.0214 e. The first-order valence-corrected chi connectivity index (χ1v) is 6.85. The number of rotatable bonds is 0. The Balaban J connectivity index is 2.02. The zero-order chi connectivity index (χ0) is 11.9. The van der Waals surface area contributed by atoms with Gasteiger partial charge in [-0.25, -0.2) is 0 Å². The summed E-state index contributed by atoms with van der Waals surface area (Å²) < 4.78 is 0. The van der Waals surface area contributed by atoms with Crippen LogP contribution in [0.2, 0.25) is 0 Å². The molecular weight excluding hydrogens is 218 g/mol. The maximum absolute atomic E-state index is 3.60. The van der Waals surface area contributed by atoms with Crippen LogP contribution in [0.5, 0.6) is 0 Å². The van der Waals surface area contributed by atoms with E-state index < -0.39 is 0 Å². The van der Waals surface area contributed by atoms with E-state index in [-0.39, 0.29) is 0 Å². The predicted octanol–water partition coefficient (Wildman–Crippen LogP) is 3.41. The van der Waals surface area contributed by atoms with Crippen LogP contribution in [0.1, 0.15) is 24.0 Å². The third-order valence-corrected chi connectivity index (χ3v) is 4.34. The highest BCUT2D eigenvalue weighted by Gasteiger charge is 2.29. The zero-order valence-electron chi connectivity index (χ0n) is 10.4. The van der Waals surface area contributed by atoms with Gasteiger partial charge in [0, 0.05) is 13.1 Å². The maximum Gasteiger partial charge on any atom is 0.0214 e. The molecule has 1 aliphatic heterocycles. The first-order valence-electron chi connectivity index (χ1n) is 6.85. The molecule has 0 radical (unpaired) electrons. The van der Waals surface area contributed by atoms with Crippen molar-refractivity contribution in [3.05, 3.63) is 58.7 Å². The first kappa shape index (κ1) is 10.3. The van der Waals surface area contributed by atoms with Gasteiger partial charge in [-0.15, -0.1) is 0 Å². The molecule has 1 aromatic rings. The molecule has 1 nitrogen and oxygen atoms in total. The van der Waals surface area contributed by atoms with Crippen LogP contribution in [-0.2, 0) is 0 Å². The molecule has 1 heteroatoms. The Morgan fingerprint density at radius 3 is 3.06 bits per heavy atom. The second-order valence-corrected chi connectivity index (χ2v) is 5.38. The van der Waals surface area contributed by atoms with Crippen LogP contribution in [-0.4, -0.2) is 13.1 Å². The van der Waals surface area contributed by atoms with Crippen LogP contribution in [0, 0.1) is 5.92 Å². The van der Waals surface area contributed by atoms with E-state index in [1.165, 1.54) is 35.1 Å². The van der Waals surface area contributed by atoms with Crippen LogP contribution in [0.25, 0.3) is 11.6 Å². The lowest BCUT2D eigenvalue weighted by atomic mass is 9.78. The summed E-state index contributed by atoms with van der Waals surface area (Å²) in [6.07, 6.45) is 9.53. The van der Waals surface area contributed by atoms with Gasteiger partial charge in [-0.2, -0.15) is 0 Å². The van der Waals surface area contributed by atoms with Gasteiger partial charge in [0.15, 0.2) is 0 Å². The van der Waals surface area contributed by atoms with Crippen LogP contribution in [0.3, 0.4) is 0 Å². The standard InChI is InChI=1S/C17H17N/c1-2-7-15-12(4-1)8-9-13-5-3-6-14-10-18-11-16(15)17(13)14/h1-2,4-5,7-9,14,18H,3,6,10-11H2. The third kappa shape index (κ3) is 1.44. The molecule has 18 heavy (non-hydrogen) atoms. The summed E-state index contributed by atoms with van der Waals surface area (Å²) in [5, 5.41) is 3.60. The number of nitrogens with one attached hydrogen (secondary N) is 1. The van der Waals surface area contributed by atoms with Crippen molar-refractivity contribution in [2.24, 2.45) is 5.92 Å². The third-order valence-electron chi connectivity index (χ3n) is 4.34. The number of hydrogen-bond acceptors (Lipinski definition) is 1. The van der Waals surface area contributed by atoms with Gasteiger partial charge in [-0.05, 0) is 46.6 Å². The molecule has 2 aliphatic carbocycles. The van der Waals surface area contributed by atoms with Gasteiger partial charge in [0.1, 0.15) is 0 Å². The zero-order valence-corrected chi connectivity index (χ0v) is 10.4. The van der Waals surface area contributed by atoms with Gasteiger partial charge in [0.2, 0.25) is 0 Å². The van der Waals surface area contributed by atoms with Crippen LogP contribution in [0.4, 0.5) is 0 Å². The summed E-state index contributed by atoms with van der Waals surface area (Å²) in [5.41, 5.74) is 7.39. The van der Waals surface area contributed by atoms with Gasteiger partial charge in [0.25, 0.3) is 0 Å². The number of fused-ring (bicyclic) bond motifs is 2. The molecule has 1 aromatic carbocycles. The van der Waals surface area contributed by atoms with Crippen molar-refractivity contribution >= 4 is 11.6 Å². The summed E-state index contributed by atoms with van der Waals surface area (Å²) in [4.78, 5) is 0. The first-order chi connectivity index (χ1) is 8.93. The molecule has 0 amide bonds. The highest BCUT2D eigenvalue weighted by atomic mass is 14.9. The fourth-order valence-corrected chi connectivity index (χ4v) is 3.52. The Morgan fingerprint density at radius 2 is 2.06 bits per heavy atom. The molecule has 1 heterocycles. The van der Waals surface area contributed by atoms with Crippen molar-refractivity contribution in [1.29, 1.82) is 0 Å². The monoisotopic (exact) mass is 235 g/mol. The molecule has 1 N–H and O–H groups in total. The van der Waals surface area contributed by atoms with Crippen LogP contribution < -0.4 is 5.32 Å². The topological polar surface area (TPSA) is 12.0 Å². The van der Waals surface area contributed by atoms with E-state index in [9.17, 15) is 0 Å². The van der Waals surface area contributed by atoms with Crippen molar-refractivity contribution in [3.8, 4) is 0 Å². The maximum atomic E-state index is 3.60. The number of hydrogen-bond donors (Lipinski definition) is 1.